The van der Waals surface area contributed by atoms with Gasteiger partial charge in [-0.2, -0.15) is 37.0 Å². The molecule has 0 radical (unpaired) electrons. The topological polar surface area (TPSA) is 705 Å². The van der Waals surface area contributed by atoms with E-state index in [0.29, 0.717) is 33.3 Å². The summed E-state index contributed by atoms with van der Waals surface area (Å²) in [6, 6.07) is -2.00. The summed E-state index contributed by atoms with van der Waals surface area (Å²) in [6.45, 7) is 6.28. The first-order chi connectivity index (χ1) is 60.2. The van der Waals surface area contributed by atoms with Gasteiger partial charge in [0.25, 0.3) is 0 Å². The fraction of sp³-hybridized carbons (Fsp3) is 0.519. The van der Waals surface area contributed by atoms with E-state index in [1.807, 2.05) is 0 Å². The van der Waals surface area contributed by atoms with Gasteiger partial charge in [0.15, 0.2) is 11.9 Å². The first-order valence-electron chi connectivity index (χ1n) is 41.0. The Kier molecular flexibility index (Phi) is 43.9. The van der Waals surface area contributed by atoms with Gasteiger partial charge in [-0.15, -0.1) is 0 Å². The number of thiol groups is 2. The second-order valence-electron chi connectivity index (χ2n) is 30.8. The van der Waals surface area contributed by atoms with Gasteiger partial charge in [-0.1, -0.05) is 94.8 Å². The van der Waals surface area contributed by atoms with Gasteiger partial charge in [-0.05, 0) is 110 Å². The first kappa shape index (κ1) is 105. The maximum absolute atomic E-state index is 15.3. The number of thioether (sulfide) groups is 1. The molecule has 2 heterocycles. The van der Waals surface area contributed by atoms with Crippen LogP contribution in [0.15, 0.2) is 85.1 Å². The van der Waals surface area contributed by atoms with Gasteiger partial charge < -0.3 is 127 Å². The Bertz CT molecular complexity index is 4510. The number of aromatic nitrogens is 1. The lowest BCUT2D eigenvalue weighted by Crippen LogP contribution is -2.62. The molecule has 0 bridgehead atoms. The normalized spacial score (nSPS) is 15.6. The van der Waals surface area contributed by atoms with Crippen LogP contribution in [-0.4, -0.2) is 276 Å². The zero-order chi connectivity index (χ0) is 94.3. The highest BCUT2D eigenvalue weighted by Crippen LogP contribution is 2.24. The number of phenolic OH excluding ortho intramolecular Hbond substituents is 1. The number of fused-ring (bicyclic) bond motifs is 1. The summed E-state index contributed by atoms with van der Waals surface area (Å²) >= 11 is 9.79. The molecule has 1 aromatic heterocycles. The van der Waals surface area contributed by atoms with Crippen LogP contribution in [0.25, 0.3) is 10.9 Å². The third-order valence-corrected chi connectivity index (χ3v) is 21.8. The van der Waals surface area contributed by atoms with Crippen LogP contribution < -0.4 is 91.6 Å². The van der Waals surface area contributed by atoms with Crippen molar-refractivity contribution >= 4 is 161 Å². The van der Waals surface area contributed by atoms with Crippen molar-refractivity contribution in [2.45, 2.75) is 209 Å². The third-order valence-electron chi connectivity index (χ3n) is 20.5. The molecule has 5 rings (SSSR count). The SMILES string of the molecule is CC[C@H](C)[C@H](NC(=O)[C@H](CCCNC(=N)N)NC(=O)[C@@H]1CCCN1C(=O)[C@H](CC(=O)O)NC(=O)[C@H](CC(=O)O)NC(=O)[C@H](CS)NC(=O)[C@@H](N)CC(C)C)C(=O)N[C@@H](CC(=O)O)C(=O)N[C@@H](CCCNC(=N)N)C(=O)N[C@@H](Cc1c[nH]c2ccccc12)C(=O)N[C@@H](Cc1ccc(O)cc1)C(=O)N[C@@H](CS)C(=O)N[C@@H](CCSC)C(=O)N[C@@H](Cc1ccccc1)C(=O)O. The monoisotopic (exact) mass is 1830 g/mol. The van der Waals surface area contributed by atoms with Crippen LogP contribution in [0.5, 0.6) is 5.75 Å². The van der Waals surface area contributed by atoms with E-state index in [-0.39, 0.29) is 114 Å². The standard InChI is InChI=1S/C81H117N21O22S3/c1-6-42(4)65(101-69(113)51(20-13-28-88-81(85)86)92-76(120)61-21-14-29-102(61)78(122)57(37-64(108)109)97-73(117)55(35-62(104)105)95-75(119)59(39-125)99-66(110)48(82)31-41(2)3)77(121)96-56(36-63(106)107)72(116)90-50(19-12-27-87-80(83)84)67(111)94-54(34-45-38-89-49-18-11-10-17-47(45)49)71(115)93-53(32-44-22-24-46(103)25-23-44)70(114)100-60(40-126)74(118)91-52(26-30-127-5)68(112)98-58(79(123)124)33-43-15-8-7-9-16-43/h7-11,15-18,22-25,38,41-42,48,50-61,65,89,103,125-126H,6,12-14,19-21,26-37,39-40,82H2,1-5H3,(H,90,116)(H,91,118)(H,92,120)(H,93,115)(H,94,111)(H,95,119)(H,96,121)(H,97,117)(H,98,112)(H,99,110)(H,100,114)(H,101,113)(H,104,105)(H,106,107)(H,108,109)(H,123,124)(H4,83,84,87)(H4,85,86,88)/t42-,48-,50-,51-,52-,53-,54-,55-,56-,57-,58-,59-,60-,61-,65-/m0/s1. The average Bonchev–Trinajstić information content (AvgIpc) is 1.77. The van der Waals surface area contributed by atoms with Crippen LogP contribution in [0, 0.1) is 22.7 Å². The number of hydrogen-bond acceptors (Lipinski definition) is 24. The molecule has 0 unspecified atom stereocenters. The molecule has 696 valence electrons. The van der Waals surface area contributed by atoms with Gasteiger partial charge in [0, 0.05) is 67.5 Å². The molecule has 0 spiro atoms. The Morgan fingerprint density at radius 1 is 0.504 bits per heavy atom. The molecule has 15 atom stereocenters. The molecular formula is C81H117N21O22S3. The van der Waals surface area contributed by atoms with Crippen LogP contribution in [0.2, 0.25) is 0 Å². The minimum Gasteiger partial charge on any atom is -0.508 e. The number of aromatic hydroxyl groups is 1. The third kappa shape index (κ3) is 35.5. The number of nitrogens with one attached hydrogen (secondary N) is 17. The Balaban J connectivity index is 1.44. The first-order valence-corrected chi connectivity index (χ1v) is 43.7. The van der Waals surface area contributed by atoms with Gasteiger partial charge in [0.05, 0.1) is 25.3 Å². The number of carboxylic acid groups (broad SMARTS) is 4. The predicted molar refractivity (Wildman–Crippen MR) is 472 cm³/mol. The van der Waals surface area contributed by atoms with Crippen LogP contribution in [0.1, 0.15) is 121 Å². The number of amides is 13. The lowest BCUT2D eigenvalue weighted by molar-refractivity contribution is -0.147. The van der Waals surface area contributed by atoms with E-state index >= 15 is 9.59 Å². The summed E-state index contributed by atoms with van der Waals surface area (Å²) in [5.74, 6) is -22.7. The summed E-state index contributed by atoms with van der Waals surface area (Å²) in [7, 11) is 0. The molecule has 13 amide bonds. The minimum absolute atomic E-state index is 0.0115. The number of para-hydroxylation sites is 1. The van der Waals surface area contributed by atoms with Gasteiger partial charge in [-0.3, -0.25) is 87.5 Å². The number of guanidine groups is 2. The van der Waals surface area contributed by atoms with Crippen molar-refractivity contribution in [3.05, 3.63) is 102 Å². The number of nitrogens with zero attached hydrogens (tertiary/aromatic N) is 1. The molecular weight excluding hydrogens is 1720 g/mol. The number of aliphatic carboxylic acids is 4. The summed E-state index contributed by atoms with van der Waals surface area (Å²) in [6.07, 6.45) is -1.43. The van der Waals surface area contributed by atoms with Gasteiger partial charge in [-0.25, -0.2) is 4.79 Å². The van der Waals surface area contributed by atoms with E-state index < -0.39 is 228 Å². The summed E-state index contributed by atoms with van der Waals surface area (Å²) in [5.41, 5.74) is 19.1. The van der Waals surface area contributed by atoms with Gasteiger partial charge in [0.2, 0.25) is 76.8 Å². The molecule has 28 N–H and O–H groups in total. The molecule has 1 aliphatic heterocycles. The van der Waals surface area contributed by atoms with Crippen LogP contribution >= 0.6 is 37.0 Å². The zero-order valence-electron chi connectivity index (χ0n) is 70.8. The van der Waals surface area contributed by atoms with Crippen LogP contribution in [0.4, 0.5) is 0 Å². The lowest BCUT2D eigenvalue weighted by Gasteiger charge is -2.31. The number of carbonyl (C=O) groups excluding carboxylic acids is 13. The molecule has 127 heavy (non-hydrogen) atoms. The summed E-state index contributed by atoms with van der Waals surface area (Å²) in [4.78, 5) is 241. The highest BCUT2D eigenvalue weighted by atomic mass is 32.2. The number of phenols is 1. The van der Waals surface area contributed by atoms with Crippen molar-refractivity contribution in [1.82, 2.24) is 84.3 Å². The van der Waals surface area contributed by atoms with Crippen molar-refractivity contribution < 1.29 is 107 Å². The molecule has 1 aliphatic rings. The number of carbonyl (C=O) groups is 17. The number of H-pyrrole nitrogens is 1. The second-order valence-corrected chi connectivity index (χ2v) is 32.6. The Labute approximate surface area is 747 Å². The minimum atomic E-state index is -2.08. The van der Waals surface area contributed by atoms with Crippen molar-refractivity contribution in [3.8, 4) is 5.75 Å². The summed E-state index contributed by atoms with van der Waals surface area (Å²) in [5, 5.41) is 101. The molecule has 43 nitrogen and oxygen atoms in total. The van der Waals surface area contributed by atoms with Crippen molar-refractivity contribution in [2.24, 2.45) is 29.0 Å². The highest BCUT2D eigenvalue weighted by Gasteiger charge is 2.43. The Hall–Kier alpha value is -12.5. The fourth-order valence-corrected chi connectivity index (χ4v) is 14.5. The zero-order valence-corrected chi connectivity index (χ0v) is 73.4. The average molecular weight is 1830 g/mol. The smallest absolute Gasteiger partial charge is 0.326 e. The van der Waals surface area contributed by atoms with Gasteiger partial charge in [0.1, 0.15) is 84.3 Å². The Morgan fingerprint density at radius 2 is 0.921 bits per heavy atom. The van der Waals surface area contributed by atoms with E-state index in [1.165, 1.54) is 43.0 Å². The van der Waals surface area contributed by atoms with Crippen molar-refractivity contribution in [1.29, 1.82) is 10.8 Å². The fourth-order valence-electron chi connectivity index (χ4n) is 13.5. The molecule has 1 fully saturated rings. The Morgan fingerprint density at radius 3 is 1.43 bits per heavy atom. The number of carboxylic acids is 4. The number of likely N-dealkylation sites (tertiary alicyclic amines) is 1. The molecule has 0 aliphatic carbocycles. The van der Waals surface area contributed by atoms with E-state index in [9.17, 15) is 97.5 Å². The number of benzene rings is 3. The van der Waals surface area contributed by atoms with E-state index in [4.69, 9.17) is 28.0 Å². The largest absolute Gasteiger partial charge is 0.508 e. The molecule has 3 aromatic carbocycles. The number of nitrogens with two attached hydrogens (primary N) is 3. The van der Waals surface area contributed by atoms with Crippen molar-refractivity contribution in [3.63, 3.8) is 0 Å². The lowest BCUT2D eigenvalue weighted by atomic mass is 9.96. The number of aromatic amines is 1. The summed E-state index contributed by atoms with van der Waals surface area (Å²) < 4.78 is 0. The van der Waals surface area contributed by atoms with Crippen LogP contribution in [0.3, 0.4) is 0 Å². The maximum atomic E-state index is 15.3. The van der Waals surface area contributed by atoms with E-state index in [0.717, 1.165) is 4.90 Å². The molecule has 4 aromatic rings. The molecule has 0 saturated carbocycles. The molecule has 1 saturated heterocycles. The molecule has 46 heteroatoms. The second kappa shape index (κ2) is 53.1. The number of hydrogen-bond donors (Lipinski definition) is 27. The van der Waals surface area contributed by atoms with Gasteiger partial charge >= 0.3 is 23.9 Å². The number of rotatable bonds is 55. The maximum Gasteiger partial charge on any atom is 0.326 e. The van der Waals surface area contributed by atoms with E-state index in [1.54, 1.807) is 87.8 Å². The predicted octanol–water partition coefficient (Wildman–Crippen LogP) is -3.22. The van der Waals surface area contributed by atoms with Crippen LogP contribution in [-0.2, 0) is 101 Å². The van der Waals surface area contributed by atoms with Crippen molar-refractivity contribution in [2.75, 3.05) is 43.1 Å². The quantitative estimate of drug-likeness (QED) is 0.00895. The highest BCUT2D eigenvalue weighted by molar-refractivity contribution is 7.98. The van der Waals surface area contributed by atoms with E-state index in [2.05, 4.69) is 105 Å².